The Morgan fingerprint density at radius 1 is 1.78 bits per heavy atom. The number of ether oxygens (including phenoxy) is 1. The predicted octanol–water partition coefficient (Wildman–Crippen LogP) is -1.76. The molecule has 2 aliphatic rings. The molecule has 2 aliphatic heterocycles. The van der Waals surface area contributed by atoms with Crippen LogP contribution in [0.25, 0.3) is 0 Å². The summed E-state index contributed by atoms with van der Waals surface area (Å²) >= 11 is 0. The first-order valence-corrected chi connectivity index (χ1v) is 2.89. The van der Waals surface area contributed by atoms with Gasteiger partial charge in [-0.1, -0.05) is 0 Å². The quantitative estimate of drug-likeness (QED) is 0.412. The fourth-order valence-corrected chi connectivity index (χ4v) is 1.14. The molecule has 0 spiro atoms. The zero-order chi connectivity index (χ0) is 6.43. The zero-order valence-electron chi connectivity index (χ0n) is 4.70. The molecule has 4 nitrogen and oxygen atoms in total. The number of carbonyl (C=O) groups is 1. The maximum absolute atomic E-state index is 10.6. The van der Waals surface area contributed by atoms with Crippen molar-refractivity contribution in [2.24, 2.45) is 0 Å². The average molecular weight is 129 g/mol. The van der Waals surface area contributed by atoms with E-state index in [0.29, 0.717) is 0 Å². The van der Waals surface area contributed by atoms with Gasteiger partial charge in [0.2, 0.25) is 0 Å². The number of rotatable bonds is 1. The maximum Gasteiger partial charge on any atom is 0.252 e. The van der Waals surface area contributed by atoms with Crippen LogP contribution in [0.1, 0.15) is 0 Å². The summed E-state index contributed by atoms with van der Waals surface area (Å²) in [7, 11) is 0. The predicted molar refractivity (Wildman–Crippen MR) is 27.7 cm³/mol. The van der Waals surface area contributed by atoms with E-state index in [4.69, 9.17) is 9.84 Å². The molecule has 0 aromatic heterocycles. The highest BCUT2D eigenvalue weighted by atomic mass is 16.6. The van der Waals surface area contributed by atoms with Crippen LogP contribution in [0, 0.1) is 0 Å². The molecule has 1 amide bonds. The highest BCUT2D eigenvalue weighted by Crippen LogP contribution is 2.30. The van der Waals surface area contributed by atoms with Gasteiger partial charge in [-0.2, -0.15) is 0 Å². The van der Waals surface area contributed by atoms with Crippen molar-refractivity contribution in [1.29, 1.82) is 0 Å². The van der Waals surface area contributed by atoms with Gasteiger partial charge in [-0.05, 0) is 0 Å². The van der Waals surface area contributed by atoms with Gasteiger partial charge in [-0.3, -0.25) is 4.79 Å². The number of fused-ring (bicyclic) bond motifs is 1. The van der Waals surface area contributed by atoms with Crippen LogP contribution in [-0.4, -0.2) is 35.9 Å². The van der Waals surface area contributed by atoms with E-state index >= 15 is 0 Å². The Labute approximate surface area is 51.8 Å². The van der Waals surface area contributed by atoms with E-state index in [2.05, 4.69) is 5.32 Å². The second-order valence-electron chi connectivity index (χ2n) is 2.32. The Morgan fingerprint density at radius 2 is 2.56 bits per heavy atom. The number of aliphatic hydroxyl groups is 1. The first-order chi connectivity index (χ1) is 4.33. The number of morpholine rings is 1. The summed E-state index contributed by atoms with van der Waals surface area (Å²) in [5.41, 5.74) is 0. The molecule has 0 saturated carbocycles. The summed E-state index contributed by atoms with van der Waals surface area (Å²) in [6.07, 6.45) is -0.287. The molecule has 0 aromatic rings. The molecular formula is C5H7NO3. The normalized spacial score (nSPS) is 46.3. The van der Waals surface area contributed by atoms with Crippen molar-refractivity contribution in [2.75, 3.05) is 6.61 Å². The average Bonchev–Trinajstić information content (AvgIpc) is 2.56. The van der Waals surface area contributed by atoms with Crippen molar-refractivity contribution in [3.05, 3.63) is 0 Å². The van der Waals surface area contributed by atoms with Crippen molar-refractivity contribution in [2.45, 2.75) is 18.2 Å². The van der Waals surface area contributed by atoms with E-state index < -0.39 is 0 Å². The van der Waals surface area contributed by atoms with Gasteiger partial charge in [0.05, 0.1) is 12.6 Å². The highest BCUT2D eigenvalue weighted by Gasteiger charge is 2.56. The number of aliphatic hydroxyl groups excluding tert-OH is 1. The SMILES string of the molecule is O=C1N[C@H](CO)[C@H]2O[C@@H]12. The van der Waals surface area contributed by atoms with Crippen molar-refractivity contribution in [1.82, 2.24) is 5.32 Å². The van der Waals surface area contributed by atoms with Gasteiger partial charge in [0, 0.05) is 0 Å². The number of hydrogen-bond acceptors (Lipinski definition) is 3. The third-order valence-corrected chi connectivity index (χ3v) is 1.70. The second kappa shape index (κ2) is 1.46. The van der Waals surface area contributed by atoms with Crippen LogP contribution in [0.4, 0.5) is 0 Å². The highest BCUT2D eigenvalue weighted by molar-refractivity contribution is 5.87. The summed E-state index contributed by atoms with van der Waals surface area (Å²) in [6, 6.07) is -0.150. The van der Waals surface area contributed by atoms with Crippen LogP contribution in [0.2, 0.25) is 0 Å². The Morgan fingerprint density at radius 3 is 2.78 bits per heavy atom. The molecule has 2 saturated heterocycles. The second-order valence-corrected chi connectivity index (χ2v) is 2.32. The molecule has 2 N–H and O–H groups in total. The third-order valence-electron chi connectivity index (χ3n) is 1.70. The zero-order valence-corrected chi connectivity index (χ0v) is 4.70. The van der Waals surface area contributed by atoms with Crippen LogP contribution in [-0.2, 0) is 9.53 Å². The molecule has 50 valence electrons. The Bertz CT molecular complexity index is 158. The maximum atomic E-state index is 10.6. The topological polar surface area (TPSA) is 61.9 Å². The van der Waals surface area contributed by atoms with Gasteiger partial charge in [0.15, 0.2) is 6.10 Å². The molecule has 4 heteroatoms. The van der Waals surface area contributed by atoms with Crippen molar-refractivity contribution < 1.29 is 14.6 Å². The monoisotopic (exact) mass is 129 g/mol. The van der Waals surface area contributed by atoms with Gasteiger partial charge >= 0.3 is 0 Å². The van der Waals surface area contributed by atoms with Crippen LogP contribution >= 0.6 is 0 Å². The van der Waals surface area contributed by atoms with E-state index in [1.807, 2.05) is 0 Å². The first kappa shape index (κ1) is 5.20. The minimum absolute atomic E-state index is 0.0209. The number of nitrogens with one attached hydrogen (secondary N) is 1. The first-order valence-electron chi connectivity index (χ1n) is 2.89. The molecule has 0 aliphatic carbocycles. The van der Waals surface area contributed by atoms with E-state index in [1.165, 1.54) is 0 Å². The summed E-state index contributed by atoms with van der Waals surface area (Å²) in [6.45, 7) is -0.0209. The molecule has 0 aromatic carbocycles. The molecule has 9 heavy (non-hydrogen) atoms. The van der Waals surface area contributed by atoms with Gasteiger partial charge < -0.3 is 15.2 Å². The van der Waals surface area contributed by atoms with Gasteiger partial charge in [-0.25, -0.2) is 0 Å². The van der Waals surface area contributed by atoms with Crippen LogP contribution in [0.3, 0.4) is 0 Å². The Hall–Kier alpha value is -0.610. The van der Waals surface area contributed by atoms with E-state index in [-0.39, 0.29) is 30.8 Å². The lowest BCUT2D eigenvalue weighted by Gasteiger charge is -2.05. The fraction of sp³-hybridized carbons (Fsp3) is 0.800. The van der Waals surface area contributed by atoms with E-state index in [0.717, 1.165) is 0 Å². The number of epoxide rings is 1. The molecule has 0 radical (unpaired) electrons. The molecule has 0 bridgehead atoms. The Kier molecular flexibility index (Phi) is 0.841. The molecule has 0 unspecified atom stereocenters. The van der Waals surface area contributed by atoms with Crippen molar-refractivity contribution in [3.63, 3.8) is 0 Å². The van der Waals surface area contributed by atoms with Gasteiger partial charge in [0.25, 0.3) is 5.91 Å². The minimum Gasteiger partial charge on any atom is -0.394 e. The summed E-state index contributed by atoms with van der Waals surface area (Å²) < 4.78 is 4.90. The summed E-state index contributed by atoms with van der Waals surface area (Å²) in [5, 5.41) is 11.2. The van der Waals surface area contributed by atoms with Crippen molar-refractivity contribution >= 4 is 5.91 Å². The van der Waals surface area contributed by atoms with Crippen molar-refractivity contribution in [3.8, 4) is 0 Å². The number of carbonyl (C=O) groups excluding carboxylic acids is 1. The number of hydrogen-bond donors (Lipinski definition) is 2. The molecule has 2 fully saturated rings. The molecule has 2 heterocycles. The van der Waals surface area contributed by atoms with E-state index in [9.17, 15) is 4.79 Å². The minimum atomic E-state index is -0.248. The lowest BCUT2D eigenvalue weighted by atomic mass is 10.2. The van der Waals surface area contributed by atoms with Gasteiger partial charge in [0.1, 0.15) is 6.10 Å². The summed E-state index contributed by atoms with van der Waals surface area (Å²) in [4.78, 5) is 10.6. The van der Waals surface area contributed by atoms with E-state index in [1.54, 1.807) is 0 Å². The van der Waals surface area contributed by atoms with Crippen LogP contribution in [0.5, 0.6) is 0 Å². The standard InChI is InChI=1S/C5H7NO3/c7-1-2-3-4(9-3)5(8)6-2/h2-4,7H,1H2,(H,6,8)/t2-,3-,4-/m1/s1. The smallest absolute Gasteiger partial charge is 0.252 e. The third kappa shape index (κ3) is 0.571. The lowest BCUT2D eigenvalue weighted by Crippen LogP contribution is -2.35. The molecule has 3 atom stereocenters. The number of amides is 1. The van der Waals surface area contributed by atoms with Crippen LogP contribution in [0.15, 0.2) is 0 Å². The largest absolute Gasteiger partial charge is 0.394 e. The lowest BCUT2D eigenvalue weighted by molar-refractivity contribution is -0.122. The summed E-state index contributed by atoms with van der Waals surface area (Å²) in [5.74, 6) is -0.0842. The van der Waals surface area contributed by atoms with Crippen LogP contribution < -0.4 is 5.32 Å². The molecule has 2 rings (SSSR count). The Balaban J connectivity index is 2.08. The van der Waals surface area contributed by atoms with Gasteiger partial charge in [-0.15, -0.1) is 0 Å². The fourth-order valence-electron chi connectivity index (χ4n) is 1.14. The molecular weight excluding hydrogens is 122 g/mol.